The van der Waals surface area contributed by atoms with Gasteiger partial charge in [-0.15, -0.1) is 0 Å². The van der Waals surface area contributed by atoms with Crippen molar-refractivity contribution in [3.8, 4) is 0 Å². The Morgan fingerprint density at radius 1 is 1.07 bits per heavy atom. The third-order valence-electron chi connectivity index (χ3n) is 4.58. The van der Waals surface area contributed by atoms with Crippen LogP contribution in [0.1, 0.15) is 15.9 Å². The number of benzene rings is 2. The zero-order valence-corrected chi connectivity index (χ0v) is 15.4. The molecule has 29 heavy (non-hydrogen) atoms. The van der Waals surface area contributed by atoms with Gasteiger partial charge in [-0.3, -0.25) is 9.78 Å². The molecule has 0 saturated carbocycles. The molecular weight excluding hydrogens is 374 g/mol. The van der Waals surface area contributed by atoms with Gasteiger partial charge in [-0.25, -0.2) is 8.78 Å². The molecule has 4 rings (SSSR count). The highest BCUT2D eigenvalue weighted by molar-refractivity contribution is 6.04. The Balaban J connectivity index is 1.39. The van der Waals surface area contributed by atoms with Crippen molar-refractivity contribution in [2.45, 2.75) is 6.42 Å². The van der Waals surface area contributed by atoms with Crippen molar-refractivity contribution in [3.63, 3.8) is 0 Å². The Hall–Kier alpha value is -3.74. The number of para-hydroxylation sites is 1. The van der Waals surface area contributed by atoms with E-state index >= 15 is 0 Å². The van der Waals surface area contributed by atoms with Crippen LogP contribution in [0.25, 0.3) is 10.9 Å². The quantitative estimate of drug-likeness (QED) is 0.444. The van der Waals surface area contributed by atoms with Crippen LogP contribution in [0, 0.1) is 11.6 Å². The van der Waals surface area contributed by atoms with Gasteiger partial charge >= 0.3 is 0 Å². The minimum absolute atomic E-state index is 0.0888. The van der Waals surface area contributed by atoms with E-state index in [4.69, 9.17) is 0 Å². The molecule has 2 aromatic carbocycles. The Morgan fingerprint density at radius 3 is 2.79 bits per heavy atom. The van der Waals surface area contributed by atoms with Crippen LogP contribution in [0.3, 0.4) is 0 Å². The Kier molecular flexibility index (Phi) is 5.20. The number of fused-ring (bicyclic) bond motifs is 1. The van der Waals surface area contributed by atoms with E-state index in [1.54, 1.807) is 12.3 Å². The van der Waals surface area contributed by atoms with Gasteiger partial charge in [-0.05, 0) is 36.2 Å². The number of rotatable bonds is 6. The number of pyridine rings is 1. The molecule has 2 aromatic heterocycles. The summed E-state index contributed by atoms with van der Waals surface area (Å²) in [6.07, 6.45) is 5.79. The predicted molar refractivity (Wildman–Crippen MR) is 109 cm³/mol. The first-order valence-electron chi connectivity index (χ1n) is 9.10. The molecule has 3 N–H and O–H groups in total. The first-order valence-corrected chi connectivity index (χ1v) is 9.10. The molecule has 2 heterocycles. The van der Waals surface area contributed by atoms with Crippen molar-refractivity contribution in [1.82, 2.24) is 9.97 Å². The lowest BCUT2D eigenvalue weighted by atomic mass is 10.1. The standard InChI is InChI=1S/C22H18F2N4O/c23-16-5-6-21(19(24)10-16)28-22(29)15-9-17(13-25-11-15)26-8-7-14-12-27-20-4-2-1-3-18(14)20/h1-6,9-13,26-27H,7-8H2,(H,28,29). The molecule has 5 nitrogen and oxygen atoms in total. The molecule has 4 aromatic rings. The fourth-order valence-corrected chi connectivity index (χ4v) is 3.13. The molecule has 0 atom stereocenters. The number of anilines is 2. The van der Waals surface area contributed by atoms with E-state index < -0.39 is 17.5 Å². The Labute approximate surface area is 165 Å². The maximum absolute atomic E-state index is 13.7. The summed E-state index contributed by atoms with van der Waals surface area (Å²) in [5, 5.41) is 6.85. The Morgan fingerprint density at radius 2 is 1.93 bits per heavy atom. The molecule has 0 saturated heterocycles. The monoisotopic (exact) mass is 392 g/mol. The van der Waals surface area contributed by atoms with E-state index in [2.05, 4.69) is 26.7 Å². The molecule has 0 spiro atoms. The van der Waals surface area contributed by atoms with Crippen LogP contribution in [-0.4, -0.2) is 22.4 Å². The number of amides is 1. The summed E-state index contributed by atoms with van der Waals surface area (Å²) in [6.45, 7) is 0.654. The van der Waals surface area contributed by atoms with Gasteiger partial charge in [0.1, 0.15) is 11.6 Å². The number of hydrogen-bond acceptors (Lipinski definition) is 3. The molecule has 0 unspecified atom stereocenters. The highest BCUT2D eigenvalue weighted by Gasteiger charge is 2.11. The van der Waals surface area contributed by atoms with Gasteiger partial charge in [0.2, 0.25) is 0 Å². The third kappa shape index (κ3) is 4.24. The molecule has 0 aliphatic rings. The van der Waals surface area contributed by atoms with Crippen molar-refractivity contribution < 1.29 is 13.6 Å². The van der Waals surface area contributed by atoms with Gasteiger partial charge in [0, 0.05) is 42.1 Å². The van der Waals surface area contributed by atoms with Crippen LogP contribution in [0.15, 0.2) is 67.1 Å². The highest BCUT2D eigenvalue weighted by Crippen LogP contribution is 2.19. The van der Waals surface area contributed by atoms with E-state index in [0.717, 1.165) is 24.1 Å². The molecular formula is C22H18F2N4O. The number of nitrogens with one attached hydrogen (secondary N) is 3. The summed E-state index contributed by atoms with van der Waals surface area (Å²) in [6, 6.07) is 12.7. The summed E-state index contributed by atoms with van der Waals surface area (Å²) < 4.78 is 26.7. The normalized spacial score (nSPS) is 10.8. The van der Waals surface area contributed by atoms with Crippen LogP contribution in [-0.2, 0) is 6.42 Å². The van der Waals surface area contributed by atoms with Gasteiger partial charge in [0.05, 0.1) is 16.9 Å². The minimum Gasteiger partial charge on any atom is -0.383 e. The van der Waals surface area contributed by atoms with Crippen molar-refractivity contribution >= 4 is 28.2 Å². The number of carbonyl (C=O) groups is 1. The smallest absolute Gasteiger partial charge is 0.257 e. The van der Waals surface area contributed by atoms with Gasteiger partial charge in [-0.1, -0.05) is 18.2 Å². The number of aromatic nitrogens is 2. The second-order valence-electron chi connectivity index (χ2n) is 6.58. The van der Waals surface area contributed by atoms with E-state index in [0.29, 0.717) is 12.2 Å². The number of nitrogens with zero attached hydrogens (tertiary/aromatic N) is 1. The number of aromatic amines is 1. The maximum atomic E-state index is 13.7. The first-order chi connectivity index (χ1) is 14.1. The van der Waals surface area contributed by atoms with Gasteiger partial charge < -0.3 is 15.6 Å². The van der Waals surface area contributed by atoms with Crippen LogP contribution in [0.5, 0.6) is 0 Å². The zero-order chi connectivity index (χ0) is 20.2. The molecule has 0 aliphatic carbocycles. The molecule has 1 amide bonds. The first kappa shape index (κ1) is 18.6. The second-order valence-corrected chi connectivity index (χ2v) is 6.58. The largest absolute Gasteiger partial charge is 0.383 e. The van der Waals surface area contributed by atoms with Crippen molar-refractivity contribution in [2.75, 3.05) is 17.2 Å². The van der Waals surface area contributed by atoms with E-state index in [9.17, 15) is 13.6 Å². The van der Waals surface area contributed by atoms with E-state index in [-0.39, 0.29) is 11.3 Å². The van der Waals surface area contributed by atoms with Crippen LogP contribution >= 0.6 is 0 Å². The van der Waals surface area contributed by atoms with Gasteiger partial charge in [-0.2, -0.15) is 0 Å². The third-order valence-corrected chi connectivity index (χ3v) is 4.58. The van der Waals surface area contributed by atoms with E-state index in [1.807, 2.05) is 24.4 Å². The summed E-state index contributed by atoms with van der Waals surface area (Å²) in [5.41, 5.74) is 3.15. The lowest BCUT2D eigenvalue weighted by Gasteiger charge is -2.09. The summed E-state index contributed by atoms with van der Waals surface area (Å²) in [5.74, 6) is -2.06. The lowest BCUT2D eigenvalue weighted by Crippen LogP contribution is -2.14. The van der Waals surface area contributed by atoms with Gasteiger partial charge in [0.25, 0.3) is 5.91 Å². The SMILES string of the molecule is O=C(Nc1ccc(F)cc1F)c1cncc(NCCc2c[nH]c3ccccc23)c1. The maximum Gasteiger partial charge on any atom is 0.257 e. The molecule has 0 fully saturated rings. The van der Waals surface area contributed by atoms with Gasteiger partial charge in [0.15, 0.2) is 0 Å². The second kappa shape index (κ2) is 8.10. The summed E-state index contributed by atoms with van der Waals surface area (Å²) >= 11 is 0. The van der Waals surface area contributed by atoms with Crippen LogP contribution in [0.4, 0.5) is 20.2 Å². The van der Waals surface area contributed by atoms with Crippen LogP contribution < -0.4 is 10.6 Å². The number of hydrogen-bond donors (Lipinski definition) is 3. The summed E-state index contributed by atoms with van der Waals surface area (Å²) in [4.78, 5) is 19.7. The molecule has 146 valence electrons. The molecule has 0 radical (unpaired) electrons. The van der Waals surface area contributed by atoms with Crippen molar-refractivity contribution in [3.05, 3.63) is 89.9 Å². The molecule has 0 bridgehead atoms. The topological polar surface area (TPSA) is 69.8 Å². The molecule has 0 aliphatic heterocycles. The zero-order valence-electron chi connectivity index (χ0n) is 15.4. The number of H-pyrrole nitrogens is 1. The molecule has 7 heteroatoms. The fraction of sp³-hybridized carbons (Fsp3) is 0.0909. The Bertz CT molecular complexity index is 1170. The highest BCUT2D eigenvalue weighted by atomic mass is 19.1. The van der Waals surface area contributed by atoms with Crippen molar-refractivity contribution in [2.24, 2.45) is 0 Å². The van der Waals surface area contributed by atoms with E-state index in [1.165, 1.54) is 23.2 Å². The average Bonchev–Trinajstić information content (AvgIpc) is 3.13. The minimum atomic E-state index is -0.834. The lowest BCUT2D eigenvalue weighted by molar-refractivity contribution is 0.102. The predicted octanol–water partition coefficient (Wildman–Crippen LogP) is 4.75. The number of halogens is 2. The fourth-order valence-electron chi connectivity index (χ4n) is 3.13. The van der Waals surface area contributed by atoms with Crippen LogP contribution in [0.2, 0.25) is 0 Å². The average molecular weight is 392 g/mol. The summed E-state index contributed by atoms with van der Waals surface area (Å²) in [7, 11) is 0. The van der Waals surface area contributed by atoms with Crippen molar-refractivity contribution in [1.29, 1.82) is 0 Å². The number of carbonyl (C=O) groups excluding carboxylic acids is 1.